The zero-order valence-electron chi connectivity index (χ0n) is 12.9. The van der Waals surface area contributed by atoms with Gasteiger partial charge in [-0.2, -0.15) is 0 Å². The fourth-order valence-corrected chi connectivity index (χ4v) is 3.88. The molecule has 2 aromatic rings. The minimum atomic E-state index is 0.0752. The van der Waals surface area contributed by atoms with Gasteiger partial charge in [-0.05, 0) is 43.2 Å². The summed E-state index contributed by atoms with van der Waals surface area (Å²) in [4.78, 5) is 2.56. The van der Waals surface area contributed by atoms with Gasteiger partial charge in [-0.25, -0.2) is 0 Å². The van der Waals surface area contributed by atoms with Gasteiger partial charge in [-0.1, -0.05) is 46.3 Å². The summed E-state index contributed by atoms with van der Waals surface area (Å²) in [6.07, 6.45) is 0. The topological polar surface area (TPSA) is 12.5 Å². The largest absolute Gasteiger partial charge is 0.378 e. The van der Waals surface area contributed by atoms with Crippen LogP contribution < -0.4 is 0 Å². The second kappa shape index (κ2) is 5.71. The first-order valence-electron chi connectivity index (χ1n) is 7.52. The van der Waals surface area contributed by atoms with Gasteiger partial charge < -0.3 is 4.74 Å². The Morgan fingerprint density at radius 1 is 1.14 bits per heavy atom. The Morgan fingerprint density at radius 3 is 2.57 bits per heavy atom. The number of nitrogens with zero attached hydrogens (tertiary/aromatic N) is 1. The van der Waals surface area contributed by atoms with Gasteiger partial charge >= 0.3 is 0 Å². The van der Waals surface area contributed by atoms with Gasteiger partial charge in [0, 0.05) is 22.6 Å². The SMILES string of the molecule is CC(c1ccc(Br)c2ccccc12)N1CCOCC1(C)C. The molecule has 21 heavy (non-hydrogen) atoms. The number of halogens is 1. The summed E-state index contributed by atoms with van der Waals surface area (Å²) in [5.41, 5.74) is 1.47. The van der Waals surface area contributed by atoms with Crippen molar-refractivity contribution in [3.05, 3.63) is 46.4 Å². The molecule has 1 atom stereocenters. The van der Waals surface area contributed by atoms with Crippen molar-refractivity contribution >= 4 is 26.7 Å². The molecule has 0 amide bonds. The first kappa shape index (κ1) is 15.0. The average molecular weight is 348 g/mol. The number of fused-ring (bicyclic) bond motifs is 1. The Bertz CT molecular complexity index is 653. The quantitative estimate of drug-likeness (QED) is 0.775. The van der Waals surface area contributed by atoms with E-state index in [0.29, 0.717) is 6.04 Å². The number of hydrogen-bond acceptors (Lipinski definition) is 2. The summed E-state index contributed by atoms with van der Waals surface area (Å²) in [5.74, 6) is 0. The van der Waals surface area contributed by atoms with Crippen molar-refractivity contribution in [3.8, 4) is 0 Å². The Kier molecular flexibility index (Phi) is 4.08. The van der Waals surface area contributed by atoms with Gasteiger partial charge in [-0.3, -0.25) is 4.90 Å². The van der Waals surface area contributed by atoms with Crippen molar-refractivity contribution in [1.82, 2.24) is 4.90 Å². The van der Waals surface area contributed by atoms with E-state index in [2.05, 4.69) is 78.0 Å². The number of hydrogen-bond donors (Lipinski definition) is 0. The summed E-state index contributed by atoms with van der Waals surface area (Å²) in [6.45, 7) is 9.45. The molecule has 2 nitrogen and oxygen atoms in total. The van der Waals surface area contributed by atoms with E-state index in [0.717, 1.165) is 24.2 Å². The van der Waals surface area contributed by atoms with Crippen LogP contribution >= 0.6 is 15.9 Å². The second-order valence-electron chi connectivity index (χ2n) is 6.42. The van der Waals surface area contributed by atoms with Gasteiger partial charge in [0.1, 0.15) is 0 Å². The maximum Gasteiger partial charge on any atom is 0.0645 e. The molecule has 0 spiro atoms. The molecule has 1 aliphatic rings. The molecule has 0 saturated carbocycles. The molecule has 2 aromatic carbocycles. The van der Waals surface area contributed by atoms with E-state index in [-0.39, 0.29) is 5.54 Å². The van der Waals surface area contributed by atoms with Crippen LogP contribution in [-0.2, 0) is 4.74 Å². The molecule has 3 heteroatoms. The lowest BCUT2D eigenvalue weighted by Crippen LogP contribution is -2.53. The molecule has 0 N–H and O–H groups in total. The van der Waals surface area contributed by atoms with Crippen LogP contribution in [0.5, 0.6) is 0 Å². The van der Waals surface area contributed by atoms with E-state index < -0.39 is 0 Å². The maximum atomic E-state index is 5.66. The van der Waals surface area contributed by atoms with Gasteiger partial charge in [0.2, 0.25) is 0 Å². The van der Waals surface area contributed by atoms with Crippen LogP contribution in [0.25, 0.3) is 10.8 Å². The predicted molar refractivity (Wildman–Crippen MR) is 91.7 cm³/mol. The minimum absolute atomic E-state index is 0.0752. The lowest BCUT2D eigenvalue weighted by molar-refractivity contribution is -0.0693. The van der Waals surface area contributed by atoms with Gasteiger partial charge in [-0.15, -0.1) is 0 Å². The summed E-state index contributed by atoms with van der Waals surface area (Å²) in [7, 11) is 0. The number of morpholine rings is 1. The zero-order valence-corrected chi connectivity index (χ0v) is 14.5. The highest BCUT2D eigenvalue weighted by Gasteiger charge is 2.34. The second-order valence-corrected chi connectivity index (χ2v) is 7.27. The third-order valence-corrected chi connectivity index (χ3v) is 5.22. The van der Waals surface area contributed by atoms with Crippen molar-refractivity contribution in [2.24, 2.45) is 0 Å². The fraction of sp³-hybridized carbons (Fsp3) is 0.444. The molecule has 1 unspecified atom stereocenters. The first-order chi connectivity index (χ1) is 10.0. The van der Waals surface area contributed by atoms with E-state index in [1.165, 1.54) is 16.3 Å². The molecule has 1 aliphatic heterocycles. The molecular weight excluding hydrogens is 326 g/mol. The molecule has 3 rings (SSSR count). The Labute approximate surface area is 135 Å². The van der Waals surface area contributed by atoms with Gasteiger partial charge in [0.05, 0.1) is 13.2 Å². The van der Waals surface area contributed by atoms with E-state index >= 15 is 0 Å². The van der Waals surface area contributed by atoms with Crippen LogP contribution in [0.4, 0.5) is 0 Å². The van der Waals surface area contributed by atoms with Gasteiger partial charge in [0.15, 0.2) is 0 Å². The van der Waals surface area contributed by atoms with Crippen molar-refractivity contribution in [3.63, 3.8) is 0 Å². The Hall–Kier alpha value is -0.900. The fourth-order valence-electron chi connectivity index (χ4n) is 3.41. The molecule has 0 radical (unpaired) electrons. The molecular formula is C18H22BrNO. The highest BCUT2D eigenvalue weighted by molar-refractivity contribution is 9.10. The van der Waals surface area contributed by atoms with E-state index in [1.807, 2.05) is 0 Å². The minimum Gasteiger partial charge on any atom is -0.378 e. The van der Waals surface area contributed by atoms with Crippen LogP contribution in [-0.4, -0.2) is 30.2 Å². The molecule has 1 fully saturated rings. The first-order valence-corrected chi connectivity index (χ1v) is 8.31. The standard InChI is InChI=1S/C18H22BrNO/c1-13(20-10-11-21-12-18(20,2)3)14-8-9-17(19)16-7-5-4-6-15(14)16/h4-9,13H,10-12H2,1-3H3. The highest BCUT2D eigenvalue weighted by Crippen LogP contribution is 2.36. The van der Waals surface area contributed by atoms with Crippen LogP contribution in [0.15, 0.2) is 40.9 Å². The van der Waals surface area contributed by atoms with E-state index in [1.54, 1.807) is 0 Å². The lowest BCUT2D eigenvalue weighted by Gasteiger charge is -2.46. The van der Waals surface area contributed by atoms with Crippen molar-refractivity contribution in [2.75, 3.05) is 19.8 Å². The Balaban J connectivity index is 2.06. The summed E-state index contributed by atoms with van der Waals surface area (Å²) in [6, 6.07) is 13.4. The molecule has 1 saturated heterocycles. The third-order valence-electron chi connectivity index (χ3n) is 4.53. The molecule has 0 bridgehead atoms. The lowest BCUT2D eigenvalue weighted by atomic mass is 9.93. The van der Waals surface area contributed by atoms with Crippen molar-refractivity contribution in [1.29, 1.82) is 0 Å². The predicted octanol–water partition coefficient (Wildman–Crippen LogP) is 4.77. The molecule has 0 aromatic heterocycles. The van der Waals surface area contributed by atoms with E-state index in [4.69, 9.17) is 4.74 Å². The zero-order chi connectivity index (χ0) is 15.0. The number of ether oxygens (including phenoxy) is 1. The van der Waals surface area contributed by atoms with Crippen LogP contribution in [0, 0.1) is 0 Å². The summed E-state index contributed by atoms with van der Waals surface area (Å²) in [5, 5.41) is 2.62. The number of rotatable bonds is 2. The van der Waals surface area contributed by atoms with Crippen molar-refractivity contribution in [2.45, 2.75) is 32.4 Å². The van der Waals surface area contributed by atoms with E-state index in [9.17, 15) is 0 Å². The van der Waals surface area contributed by atoms with Crippen molar-refractivity contribution < 1.29 is 4.74 Å². The van der Waals surface area contributed by atoms with Crippen LogP contribution in [0.2, 0.25) is 0 Å². The molecule has 0 aliphatic carbocycles. The Morgan fingerprint density at radius 2 is 1.86 bits per heavy atom. The van der Waals surface area contributed by atoms with Gasteiger partial charge in [0.25, 0.3) is 0 Å². The monoisotopic (exact) mass is 347 g/mol. The normalized spacial score (nSPS) is 20.6. The van der Waals surface area contributed by atoms with Crippen LogP contribution in [0.3, 0.4) is 0 Å². The maximum absolute atomic E-state index is 5.66. The molecule has 1 heterocycles. The summed E-state index contributed by atoms with van der Waals surface area (Å²) < 4.78 is 6.82. The number of benzene rings is 2. The smallest absolute Gasteiger partial charge is 0.0645 e. The highest BCUT2D eigenvalue weighted by atomic mass is 79.9. The average Bonchev–Trinajstić information content (AvgIpc) is 2.47. The van der Waals surface area contributed by atoms with Crippen LogP contribution in [0.1, 0.15) is 32.4 Å². The third kappa shape index (κ3) is 2.75. The molecule has 112 valence electrons. The summed E-state index contributed by atoms with van der Waals surface area (Å²) >= 11 is 3.66.